The first kappa shape index (κ1) is 19.3. The van der Waals surface area contributed by atoms with Gasteiger partial charge in [0.05, 0.1) is 12.8 Å². The number of hydrogen-bond acceptors (Lipinski definition) is 6. The van der Waals surface area contributed by atoms with E-state index in [0.717, 1.165) is 5.56 Å². The Morgan fingerprint density at radius 2 is 1.97 bits per heavy atom. The van der Waals surface area contributed by atoms with Crippen LogP contribution < -0.4 is 24.8 Å². The van der Waals surface area contributed by atoms with Crippen LogP contribution >= 0.6 is 0 Å². The number of carbonyl (C=O) groups is 2. The summed E-state index contributed by atoms with van der Waals surface area (Å²) in [7, 11) is 1.55. The second kappa shape index (κ2) is 8.52. The normalized spacial score (nSPS) is 12.2. The Hall–Kier alpha value is -4.07. The third kappa shape index (κ3) is 4.33. The van der Waals surface area contributed by atoms with Crippen molar-refractivity contribution in [3.8, 4) is 17.2 Å². The van der Waals surface area contributed by atoms with Crippen molar-refractivity contribution in [2.45, 2.75) is 6.61 Å². The number of anilines is 2. The molecule has 3 aromatic rings. The fourth-order valence-corrected chi connectivity index (χ4v) is 2.93. The average Bonchev–Trinajstić information content (AvgIpc) is 2.78. The van der Waals surface area contributed by atoms with Gasteiger partial charge in [0.1, 0.15) is 12.4 Å². The number of pyridine rings is 1. The zero-order chi connectivity index (χ0) is 20.9. The van der Waals surface area contributed by atoms with Gasteiger partial charge in [-0.25, -0.2) is 0 Å². The third-order valence-corrected chi connectivity index (χ3v) is 4.44. The van der Waals surface area contributed by atoms with Gasteiger partial charge >= 0.3 is 0 Å². The molecule has 8 heteroatoms. The van der Waals surface area contributed by atoms with E-state index in [1.54, 1.807) is 55.9 Å². The molecule has 2 amide bonds. The summed E-state index contributed by atoms with van der Waals surface area (Å²) in [6, 6.07) is 13.7. The summed E-state index contributed by atoms with van der Waals surface area (Å²) < 4.78 is 16.5. The molecule has 0 saturated heterocycles. The van der Waals surface area contributed by atoms with Crippen molar-refractivity contribution in [2.75, 3.05) is 24.4 Å². The summed E-state index contributed by atoms with van der Waals surface area (Å²) in [5.74, 6) is 0.991. The van der Waals surface area contributed by atoms with Gasteiger partial charge in [0, 0.05) is 29.7 Å². The molecule has 2 heterocycles. The number of carbonyl (C=O) groups excluding carboxylic acids is 2. The first-order valence-electron chi connectivity index (χ1n) is 9.20. The molecule has 0 spiro atoms. The van der Waals surface area contributed by atoms with Crippen LogP contribution in [0.4, 0.5) is 11.4 Å². The predicted octanol–water partition coefficient (Wildman–Crippen LogP) is 3.25. The van der Waals surface area contributed by atoms with E-state index in [1.807, 2.05) is 12.1 Å². The first-order valence-corrected chi connectivity index (χ1v) is 9.20. The molecule has 30 heavy (non-hydrogen) atoms. The van der Waals surface area contributed by atoms with Crippen molar-refractivity contribution in [1.82, 2.24) is 4.98 Å². The lowest BCUT2D eigenvalue weighted by molar-refractivity contribution is -0.118. The summed E-state index contributed by atoms with van der Waals surface area (Å²) >= 11 is 0. The van der Waals surface area contributed by atoms with E-state index in [1.165, 1.54) is 0 Å². The summed E-state index contributed by atoms with van der Waals surface area (Å²) in [5, 5.41) is 5.52. The van der Waals surface area contributed by atoms with Crippen LogP contribution in [0.5, 0.6) is 17.2 Å². The van der Waals surface area contributed by atoms with E-state index in [2.05, 4.69) is 15.6 Å². The van der Waals surface area contributed by atoms with Gasteiger partial charge in [0.25, 0.3) is 11.8 Å². The summed E-state index contributed by atoms with van der Waals surface area (Å²) in [6.45, 7) is 0.299. The SMILES string of the molecule is COc1ccc(NC(=O)c2ccc3c(c2)NC(=O)CO3)cc1OCc1ccncc1. The molecule has 2 N–H and O–H groups in total. The van der Waals surface area contributed by atoms with Crippen LogP contribution in [0.3, 0.4) is 0 Å². The highest BCUT2D eigenvalue weighted by Crippen LogP contribution is 2.32. The highest BCUT2D eigenvalue weighted by Gasteiger charge is 2.18. The van der Waals surface area contributed by atoms with E-state index >= 15 is 0 Å². The number of nitrogens with zero attached hydrogens (tertiary/aromatic N) is 1. The highest BCUT2D eigenvalue weighted by atomic mass is 16.5. The summed E-state index contributed by atoms with van der Waals surface area (Å²) in [5.41, 5.74) is 2.35. The molecule has 1 aliphatic heterocycles. The van der Waals surface area contributed by atoms with Crippen LogP contribution in [0, 0.1) is 0 Å². The molecular weight excluding hydrogens is 386 g/mol. The van der Waals surface area contributed by atoms with Gasteiger partial charge in [-0.05, 0) is 48.0 Å². The van der Waals surface area contributed by atoms with Crippen molar-refractivity contribution in [3.63, 3.8) is 0 Å². The number of benzene rings is 2. The number of ether oxygens (including phenoxy) is 3. The Bertz CT molecular complexity index is 1090. The second-order valence-corrected chi connectivity index (χ2v) is 6.51. The summed E-state index contributed by atoms with van der Waals surface area (Å²) in [4.78, 5) is 28.2. The zero-order valence-electron chi connectivity index (χ0n) is 16.2. The topological polar surface area (TPSA) is 98.8 Å². The van der Waals surface area contributed by atoms with Gasteiger partial charge in [0.15, 0.2) is 18.1 Å². The van der Waals surface area contributed by atoms with Crippen LogP contribution in [-0.2, 0) is 11.4 Å². The van der Waals surface area contributed by atoms with Gasteiger partial charge in [-0.3, -0.25) is 14.6 Å². The largest absolute Gasteiger partial charge is 0.493 e. The molecule has 8 nitrogen and oxygen atoms in total. The van der Waals surface area contributed by atoms with Crippen molar-refractivity contribution < 1.29 is 23.8 Å². The quantitative estimate of drug-likeness (QED) is 0.653. The van der Waals surface area contributed by atoms with Crippen LogP contribution in [0.25, 0.3) is 0 Å². The minimum Gasteiger partial charge on any atom is -0.493 e. The molecule has 1 aliphatic rings. The van der Waals surface area contributed by atoms with Crippen molar-refractivity contribution >= 4 is 23.2 Å². The molecule has 152 valence electrons. The van der Waals surface area contributed by atoms with Gasteiger partial charge in [-0.1, -0.05) is 0 Å². The first-order chi connectivity index (χ1) is 14.6. The molecular formula is C22H19N3O5. The Morgan fingerprint density at radius 3 is 2.77 bits per heavy atom. The van der Waals surface area contributed by atoms with Gasteiger partial charge in [0.2, 0.25) is 0 Å². The van der Waals surface area contributed by atoms with E-state index in [-0.39, 0.29) is 18.4 Å². The molecule has 0 unspecified atom stereocenters. The monoisotopic (exact) mass is 405 g/mol. The molecule has 4 rings (SSSR count). The zero-order valence-corrected chi connectivity index (χ0v) is 16.2. The Morgan fingerprint density at radius 1 is 1.13 bits per heavy atom. The lowest BCUT2D eigenvalue weighted by Gasteiger charge is -2.18. The number of amides is 2. The number of methoxy groups -OCH3 is 1. The molecule has 0 fully saturated rings. The number of rotatable bonds is 6. The Kier molecular flexibility index (Phi) is 5.47. The number of fused-ring (bicyclic) bond motifs is 1. The van der Waals surface area contributed by atoms with Crippen molar-refractivity contribution in [2.24, 2.45) is 0 Å². The third-order valence-electron chi connectivity index (χ3n) is 4.44. The van der Waals surface area contributed by atoms with E-state index < -0.39 is 0 Å². The molecule has 0 atom stereocenters. The van der Waals surface area contributed by atoms with Gasteiger partial charge in [-0.15, -0.1) is 0 Å². The van der Waals surface area contributed by atoms with Crippen LogP contribution in [0.2, 0.25) is 0 Å². The van der Waals surface area contributed by atoms with Crippen molar-refractivity contribution in [1.29, 1.82) is 0 Å². The molecule has 0 bridgehead atoms. The van der Waals surface area contributed by atoms with E-state index in [9.17, 15) is 9.59 Å². The molecule has 0 radical (unpaired) electrons. The minimum atomic E-state index is -0.331. The maximum atomic E-state index is 12.7. The second-order valence-electron chi connectivity index (χ2n) is 6.51. The number of hydrogen-bond donors (Lipinski definition) is 2. The molecule has 2 aromatic carbocycles. The number of aromatic nitrogens is 1. The molecule has 1 aromatic heterocycles. The summed E-state index contributed by atoms with van der Waals surface area (Å²) in [6.07, 6.45) is 3.39. The van der Waals surface area contributed by atoms with Crippen LogP contribution in [0.1, 0.15) is 15.9 Å². The van der Waals surface area contributed by atoms with Gasteiger partial charge in [-0.2, -0.15) is 0 Å². The van der Waals surface area contributed by atoms with Gasteiger partial charge < -0.3 is 24.8 Å². The van der Waals surface area contributed by atoms with E-state index in [0.29, 0.717) is 40.8 Å². The maximum Gasteiger partial charge on any atom is 0.262 e. The van der Waals surface area contributed by atoms with Crippen LogP contribution in [0.15, 0.2) is 60.9 Å². The Labute approximate surface area is 172 Å². The lowest BCUT2D eigenvalue weighted by Crippen LogP contribution is -2.25. The van der Waals surface area contributed by atoms with E-state index in [4.69, 9.17) is 14.2 Å². The standard InChI is InChI=1S/C22H19N3O5/c1-28-19-5-3-16(11-20(19)29-12-14-6-8-23-9-7-14)24-22(27)15-2-4-18-17(10-15)25-21(26)13-30-18/h2-11H,12-13H2,1H3,(H,24,27)(H,25,26). The fraction of sp³-hybridized carbons (Fsp3) is 0.136. The average molecular weight is 405 g/mol. The smallest absolute Gasteiger partial charge is 0.262 e. The highest BCUT2D eigenvalue weighted by molar-refractivity contribution is 6.06. The van der Waals surface area contributed by atoms with Crippen LogP contribution in [-0.4, -0.2) is 30.5 Å². The number of nitrogens with one attached hydrogen (secondary N) is 2. The minimum absolute atomic E-state index is 0.0351. The molecule has 0 aliphatic carbocycles. The molecule has 0 saturated carbocycles. The maximum absolute atomic E-state index is 12.7. The van der Waals surface area contributed by atoms with Crippen molar-refractivity contribution in [3.05, 3.63) is 72.1 Å². The Balaban J connectivity index is 1.49. The fourth-order valence-electron chi connectivity index (χ4n) is 2.93. The predicted molar refractivity (Wildman–Crippen MR) is 110 cm³/mol. The lowest BCUT2D eigenvalue weighted by atomic mass is 10.1.